The van der Waals surface area contributed by atoms with Crippen LogP contribution in [-0.4, -0.2) is 34.3 Å². The molecule has 5 nitrogen and oxygen atoms in total. The molecule has 0 saturated heterocycles. The number of carbonyl (C=O) groups excluding carboxylic acids is 2. The van der Waals surface area contributed by atoms with E-state index in [-0.39, 0.29) is 5.57 Å². The van der Waals surface area contributed by atoms with Gasteiger partial charge in [0.15, 0.2) is 0 Å². The molecule has 1 aromatic carbocycles. The number of aliphatic carboxylic acids is 1. The van der Waals surface area contributed by atoms with Crippen LogP contribution in [0.15, 0.2) is 30.3 Å². The van der Waals surface area contributed by atoms with Crippen molar-refractivity contribution in [3.8, 4) is 0 Å². The molecule has 0 aliphatic carbocycles. The van der Waals surface area contributed by atoms with Gasteiger partial charge in [0.1, 0.15) is 6.54 Å². The first-order valence-electron chi connectivity index (χ1n) is 5.35. The third-order valence-corrected chi connectivity index (χ3v) is 2.67. The van der Waals surface area contributed by atoms with E-state index in [2.05, 4.69) is 0 Å². The van der Waals surface area contributed by atoms with Crippen molar-refractivity contribution in [2.24, 2.45) is 0 Å². The van der Waals surface area contributed by atoms with Crippen LogP contribution < -0.4 is 0 Å². The molecule has 1 aliphatic heterocycles. The molecule has 1 heterocycles. The number of hydrogen-bond donors (Lipinski definition) is 1. The van der Waals surface area contributed by atoms with Gasteiger partial charge in [0.2, 0.25) is 0 Å². The molecule has 0 aromatic heterocycles. The molecule has 0 unspecified atom stereocenters. The third kappa shape index (κ3) is 2.15. The van der Waals surface area contributed by atoms with E-state index in [1.54, 1.807) is 12.1 Å². The molecular weight excluding hydrogens is 234 g/mol. The fraction of sp³-hybridized carbons (Fsp3) is 0.154. The van der Waals surface area contributed by atoms with Gasteiger partial charge in [-0.2, -0.15) is 0 Å². The minimum atomic E-state index is -1.21. The highest BCUT2D eigenvalue weighted by atomic mass is 16.4. The van der Waals surface area contributed by atoms with Crippen LogP contribution in [0.1, 0.15) is 11.1 Å². The zero-order valence-corrected chi connectivity index (χ0v) is 9.71. The van der Waals surface area contributed by atoms with Crippen molar-refractivity contribution in [3.05, 3.63) is 41.5 Å². The van der Waals surface area contributed by atoms with E-state index in [0.29, 0.717) is 5.56 Å². The van der Waals surface area contributed by atoms with Crippen LogP contribution in [0.25, 0.3) is 5.57 Å². The molecule has 0 saturated carbocycles. The smallest absolute Gasteiger partial charge is 0.323 e. The summed E-state index contributed by atoms with van der Waals surface area (Å²) in [6.07, 6.45) is 1.18. The maximum absolute atomic E-state index is 11.9. The van der Waals surface area contributed by atoms with Gasteiger partial charge in [-0.25, -0.2) is 0 Å². The Bertz CT molecular complexity index is 557. The summed E-state index contributed by atoms with van der Waals surface area (Å²) >= 11 is 0. The van der Waals surface area contributed by atoms with Crippen molar-refractivity contribution < 1.29 is 19.5 Å². The van der Waals surface area contributed by atoms with Crippen molar-refractivity contribution in [1.82, 2.24) is 4.90 Å². The molecule has 0 radical (unpaired) electrons. The Morgan fingerprint density at radius 3 is 2.39 bits per heavy atom. The number of nitrogens with zero attached hydrogens (tertiary/aromatic N) is 1. The third-order valence-electron chi connectivity index (χ3n) is 2.67. The Labute approximate surface area is 103 Å². The van der Waals surface area contributed by atoms with Gasteiger partial charge >= 0.3 is 5.97 Å². The number of amides is 2. The first kappa shape index (κ1) is 12.0. The number of aryl methyl sites for hydroxylation is 1. The Morgan fingerprint density at radius 1 is 1.22 bits per heavy atom. The lowest BCUT2D eigenvalue weighted by molar-refractivity contribution is -0.147. The lowest BCUT2D eigenvalue weighted by Crippen LogP contribution is -2.35. The van der Waals surface area contributed by atoms with Gasteiger partial charge in [-0.15, -0.1) is 0 Å². The lowest BCUT2D eigenvalue weighted by Gasteiger charge is -2.11. The van der Waals surface area contributed by atoms with Crippen molar-refractivity contribution in [2.75, 3.05) is 6.54 Å². The zero-order chi connectivity index (χ0) is 13.3. The monoisotopic (exact) mass is 245 g/mol. The highest BCUT2D eigenvalue weighted by Gasteiger charge is 2.32. The summed E-state index contributed by atoms with van der Waals surface area (Å²) in [6.45, 7) is 1.31. The number of rotatable bonds is 3. The number of carbonyl (C=O) groups is 3. The quantitative estimate of drug-likeness (QED) is 0.800. The summed E-state index contributed by atoms with van der Waals surface area (Å²) in [5.41, 5.74) is 1.90. The maximum atomic E-state index is 11.9. The number of hydrogen-bond acceptors (Lipinski definition) is 3. The van der Waals surface area contributed by atoms with Crippen LogP contribution >= 0.6 is 0 Å². The van der Waals surface area contributed by atoms with Gasteiger partial charge < -0.3 is 5.11 Å². The fourth-order valence-electron chi connectivity index (χ4n) is 1.73. The minimum absolute atomic E-state index is 0.237. The first-order valence-corrected chi connectivity index (χ1v) is 5.35. The predicted octanol–water partition coefficient (Wildman–Crippen LogP) is 0.832. The molecular formula is C13H11NO4. The van der Waals surface area contributed by atoms with Crippen molar-refractivity contribution >= 4 is 23.4 Å². The molecule has 0 fully saturated rings. The fourth-order valence-corrected chi connectivity index (χ4v) is 1.73. The van der Waals surface area contributed by atoms with E-state index in [0.717, 1.165) is 10.5 Å². The predicted molar refractivity (Wildman–Crippen MR) is 63.5 cm³/mol. The van der Waals surface area contributed by atoms with Gasteiger partial charge in [-0.05, 0) is 12.5 Å². The van der Waals surface area contributed by atoms with Crippen LogP contribution in [0.2, 0.25) is 0 Å². The van der Waals surface area contributed by atoms with Crippen LogP contribution in [0.4, 0.5) is 0 Å². The molecule has 2 rings (SSSR count). The van der Waals surface area contributed by atoms with E-state index in [9.17, 15) is 14.4 Å². The lowest BCUT2D eigenvalue weighted by atomic mass is 10.0. The molecule has 0 bridgehead atoms. The number of carboxylic acids is 1. The van der Waals surface area contributed by atoms with Crippen LogP contribution in [0.3, 0.4) is 0 Å². The van der Waals surface area contributed by atoms with E-state index >= 15 is 0 Å². The summed E-state index contributed by atoms with van der Waals surface area (Å²) in [6, 6.07) is 7.12. The van der Waals surface area contributed by atoms with Crippen molar-refractivity contribution in [3.63, 3.8) is 0 Å². The highest BCUT2D eigenvalue weighted by molar-refractivity contribution is 6.33. The summed E-state index contributed by atoms with van der Waals surface area (Å²) in [5.74, 6) is -2.36. The molecule has 1 N–H and O–H groups in total. The second-order valence-electron chi connectivity index (χ2n) is 4.05. The number of carboxylic acid groups (broad SMARTS) is 1. The van der Waals surface area contributed by atoms with Gasteiger partial charge in [0, 0.05) is 6.08 Å². The topological polar surface area (TPSA) is 74.7 Å². The normalized spacial score (nSPS) is 14.9. The minimum Gasteiger partial charge on any atom is -0.480 e. The van der Waals surface area contributed by atoms with Crippen molar-refractivity contribution in [1.29, 1.82) is 0 Å². The Kier molecular flexibility index (Phi) is 2.97. The zero-order valence-electron chi connectivity index (χ0n) is 9.71. The van der Waals surface area contributed by atoms with E-state index in [1.165, 1.54) is 6.08 Å². The molecule has 0 spiro atoms. The Morgan fingerprint density at radius 2 is 1.83 bits per heavy atom. The Hall–Kier alpha value is -2.43. The SMILES string of the molecule is Cc1ccc(C2=CC(=O)N(CC(=O)O)C2=O)cc1. The molecule has 2 amide bonds. The van der Waals surface area contributed by atoms with Crippen LogP contribution in [0.5, 0.6) is 0 Å². The average Bonchev–Trinajstić information content (AvgIpc) is 2.58. The molecule has 5 heteroatoms. The van der Waals surface area contributed by atoms with Crippen molar-refractivity contribution in [2.45, 2.75) is 6.92 Å². The van der Waals surface area contributed by atoms with E-state index in [1.807, 2.05) is 19.1 Å². The molecule has 1 aromatic rings. The second-order valence-corrected chi connectivity index (χ2v) is 4.05. The van der Waals surface area contributed by atoms with E-state index in [4.69, 9.17) is 5.11 Å². The summed E-state index contributed by atoms with van der Waals surface area (Å²) < 4.78 is 0. The van der Waals surface area contributed by atoms with Gasteiger partial charge in [0.25, 0.3) is 11.8 Å². The molecule has 1 aliphatic rings. The Balaban J connectivity index is 2.29. The summed E-state index contributed by atoms with van der Waals surface area (Å²) in [7, 11) is 0. The second kappa shape index (κ2) is 4.44. The molecule has 92 valence electrons. The van der Waals surface area contributed by atoms with Crippen LogP contribution in [-0.2, 0) is 14.4 Å². The van der Waals surface area contributed by atoms with Gasteiger partial charge in [-0.1, -0.05) is 29.8 Å². The van der Waals surface area contributed by atoms with Crippen LogP contribution in [0, 0.1) is 6.92 Å². The average molecular weight is 245 g/mol. The number of benzene rings is 1. The standard InChI is InChI=1S/C13H11NO4/c1-8-2-4-9(5-3-8)10-6-11(15)14(13(10)18)7-12(16)17/h2-6H,7H2,1H3,(H,16,17). The van der Waals surface area contributed by atoms with Gasteiger partial charge in [-0.3, -0.25) is 19.3 Å². The number of imide groups is 1. The molecule has 0 atom stereocenters. The summed E-state index contributed by atoms with van der Waals surface area (Å²) in [4.78, 5) is 34.7. The highest BCUT2D eigenvalue weighted by Crippen LogP contribution is 2.23. The van der Waals surface area contributed by atoms with E-state index < -0.39 is 24.3 Å². The first-order chi connectivity index (χ1) is 8.49. The maximum Gasteiger partial charge on any atom is 0.323 e. The van der Waals surface area contributed by atoms with Gasteiger partial charge in [0.05, 0.1) is 5.57 Å². The summed E-state index contributed by atoms with van der Waals surface area (Å²) in [5, 5.41) is 8.63. The largest absolute Gasteiger partial charge is 0.480 e. The molecule has 18 heavy (non-hydrogen) atoms.